The molecule has 0 spiro atoms. The average Bonchev–Trinajstić information content (AvgIpc) is 3.12. The fourth-order valence-corrected chi connectivity index (χ4v) is 5.98. The van der Waals surface area contributed by atoms with E-state index in [-0.39, 0.29) is 11.6 Å². The number of fused-ring (bicyclic) bond motifs is 3. The van der Waals surface area contributed by atoms with E-state index in [4.69, 9.17) is 4.74 Å². The smallest absolute Gasteiger partial charge is 0.356 e. The highest BCUT2D eigenvalue weighted by Gasteiger charge is 2.49. The normalized spacial score (nSPS) is 25.4. The van der Waals surface area contributed by atoms with Crippen LogP contribution in [0.4, 0.5) is 5.69 Å². The lowest BCUT2D eigenvalue weighted by Crippen LogP contribution is -2.35. The van der Waals surface area contributed by atoms with Crippen LogP contribution in [0.5, 0.6) is 0 Å². The van der Waals surface area contributed by atoms with Crippen molar-refractivity contribution in [3.63, 3.8) is 0 Å². The largest absolute Gasteiger partial charge is 0.464 e. The van der Waals surface area contributed by atoms with Gasteiger partial charge in [0.25, 0.3) is 0 Å². The molecule has 1 amide bonds. The summed E-state index contributed by atoms with van der Waals surface area (Å²) in [6.45, 7) is 10.9. The topological polar surface area (TPSA) is 74.4 Å². The number of esters is 1. The number of amides is 1. The zero-order chi connectivity index (χ0) is 21.7. The van der Waals surface area contributed by atoms with Gasteiger partial charge in [-0.05, 0) is 49.1 Å². The molecule has 2 aliphatic rings. The van der Waals surface area contributed by atoms with E-state index < -0.39 is 5.97 Å². The Hall–Kier alpha value is -2.34. The summed E-state index contributed by atoms with van der Waals surface area (Å²) >= 11 is 0. The number of aryl methyl sites for hydroxylation is 1. The molecule has 6 nitrogen and oxygen atoms in total. The molecule has 6 heteroatoms. The standard InChI is InChI=1S/C24H33N3O3/c1-15-6-7-18-17(10-15)20(21(25-18)22(29)30-5)26-19(28)8-9-27-14-24(4)12-16(27)11-23(2,3)13-24/h6-7,10,16,25H,8-9,11-14H2,1-5H3,(H,26,28)/t16-,24+/m1/s1. The second-order valence-electron chi connectivity index (χ2n) is 10.4. The maximum absolute atomic E-state index is 12.9. The molecule has 30 heavy (non-hydrogen) atoms. The van der Waals surface area contributed by atoms with Gasteiger partial charge in [0.1, 0.15) is 5.69 Å². The Morgan fingerprint density at radius 2 is 2.03 bits per heavy atom. The Morgan fingerprint density at radius 1 is 1.27 bits per heavy atom. The summed E-state index contributed by atoms with van der Waals surface area (Å²) in [6.07, 6.45) is 4.08. The molecule has 162 valence electrons. The number of aromatic amines is 1. The predicted molar refractivity (Wildman–Crippen MR) is 119 cm³/mol. The van der Waals surface area contributed by atoms with E-state index in [9.17, 15) is 9.59 Å². The quantitative estimate of drug-likeness (QED) is 0.711. The molecule has 4 rings (SSSR count). The maximum Gasteiger partial charge on any atom is 0.356 e. The summed E-state index contributed by atoms with van der Waals surface area (Å²) in [5, 5.41) is 3.82. The highest BCUT2D eigenvalue weighted by atomic mass is 16.5. The molecule has 2 heterocycles. The molecule has 0 unspecified atom stereocenters. The maximum atomic E-state index is 12.9. The number of methoxy groups -OCH3 is 1. The Labute approximate surface area is 178 Å². The fraction of sp³-hybridized carbons (Fsp3) is 0.583. The van der Waals surface area contributed by atoms with Gasteiger partial charge in [-0.1, -0.05) is 32.4 Å². The second kappa shape index (κ2) is 7.41. The van der Waals surface area contributed by atoms with Crippen LogP contribution in [-0.2, 0) is 9.53 Å². The molecule has 2 fully saturated rings. The Morgan fingerprint density at radius 3 is 2.77 bits per heavy atom. The van der Waals surface area contributed by atoms with Crippen molar-refractivity contribution in [3.8, 4) is 0 Å². The van der Waals surface area contributed by atoms with Crippen LogP contribution in [0.15, 0.2) is 18.2 Å². The van der Waals surface area contributed by atoms with Gasteiger partial charge in [-0.3, -0.25) is 9.69 Å². The molecule has 1 saturated carbocycles. The second-order valence-corrected chi connectivity index (χ2v) is 10.4. The minimum absolute atomic E-state index is 0.0755. The van der Waals surface area contributed by atoms with Gasteiger partial charge in [0, 0.05) is 36.5 Å². The third kappa shape index (κ3) is 3.97. The van der Waals surface area contributed by atoms with Gasteiger partial charge in [0.15, 0.2) is 0 Å². The number of hydrogen-bond acceptors (Lipinski definition) is 4. The average molecular weight is 412 g/mol. The molecule has 1 aromatic carbocycles. The van der Waals surface area contributed by atoms with Crippen LogP contribution in [-0.4, -0.2) is 48.0 Å². The molecular formula is C24H33N3O3. The zero-order valence-electron chi connectivity index (χ0n) is 18.7. The lowest BCUT2D eigenvalue weighted by Gasteiger charge is -2.39. The molecule has 1 aliphatic heterocycles. The number of carbonyl (C=O) groups is 2. The molecule has 2 aromatic rings. The van der Waals surface area contributed by atoms with E-state index in [2.05, 4.69) is 36.0 Å². The van der Waals surface area contributed by atoms with E-state index in [0.717, 1.165) is 29.6 Å². The van der Waals surface area contributed by atoms with Crippen molar-refractivity contribution in [2.75, 3.05) is 25.5 Å². The van der Waals surface area contributed by atoms with Crippen LogP contribution in [0.3, 0.4) is 0 Å². The van der Waals surface area contributed by atoms with Crippen LogP contribution < -0.4 is 5.32 Å². The number of hydrogen-bond donors (Lipinski definition) is 2. The Bertz CT molecular complexity index is 993. The summed E-state index contributed by atoms with van der Waals surface area (Å²) in [6, 6.07) is 6.42. The van der Waals surface area contributed by atoms with Crippen LogP contribution in [0.25, 0.3) is 10.9 Å². The molecule has 1 aliphatic carbocycles. The number of anilines is 1. The van der Waals surface area contributed by atoms with E-state index in [0.29, 0.717) is 29.0 Å². The number of nitrogens with zero attached hydrogens (tertiary/aromatic N) is 1. The predicted octanol–water partition coefficient (Wildman–Crippen LogP) is 4.49. The number of rotatable bonds is 5. The molecule has 2 N–H and O–H groups in total. The number of benzene rings is 1. The monoisotopic (exact) mass is 411 g/mol. The molecule has 0 radical (unpaired) electrons. The lowest BCUT2D eigenvalue weighted by atomic mass is 9.65. The van der Waals surface area contributed by atoms with Crippen molar-refractivity contribution in [2.45, 2.75) is 59.4 Å². The number of nitrogens with one attached hydrogen (secondary N) is 2. The van der Waals surface area contributed by atoms with Gasteiger partial charge < -0.3 is 15.0 Å². The number of ether oxygens (including phenoxy) is 1. The van der Waals surface area contributed by atoms with E-state index >= 15 is 0 Å². The van der Waals surface area contributed by atoms with Crippen molar-refractivity contribution in [1.82, 2.24) is 9.88 Å². The van der Waals surface area contributed by atoms with Crippen molar-refractivity contribution in [1.29, 1.82) is 0 Å². The summed E-state index contributed by atoms with van der Waals surface area (Å²) in [4.78, 5) is 30.7. The number of H-pyrrole nitrogens is 1. The summed E-state index contributed by atoms with van der Waals surface area (Å²) in [7, 11) is 1.35. The first-order valence-electron chi connectivity index (χ1n) is 10.8. The zero-order valence-corrected chi connectivity index (χ0v) is 18.7. The highest BCUT2D eigenvalue weighted by molar-refractivity contribution is 6.11. The lowest BCUT2D eigenvalue weighted by molar-refractivity contribution is -0.116. The van der Waals surface area contributed by atoms with Crippen molar-refractivity contribution in [2.24, 2.45) is 10.8 Å². The van der Waals surface area contributed by atoms with Gasteiger partial charge in [-0.25, -0.2) is 4.79 Å². The molecule has 1 aromatic heterocycles. The SMILES string of the molecule is COC(=O)c1[nH]c2ccc(C)cc2c1NC(=O)CCN1C[C@@]2(C)C[C@H]1CC(C)(C)C2. The van der Waals surface area contributed by atoms with Gasteiger partial charge in [0.2, 0.25) is 5.91 Å². The summed E-state index contributed by atoms with van der Waals surface area (Å²) in [5.74, 6) is -0.559. The van der Waals surface area contributed by atoms with Crippen LogP contribution in [0.2, 0.25) is 0 Å². The minimum atomic E-state index is -0.484. The van der Waals surface area contributed by atoms with Gasteiger partial charge in [0.05, 0.1) is 12.8 Å². The summed E-state index contributed by atoms with van der Waals surface area (Å²) < 4.78 is 4.91. The third-order valence-electron chi connectivity index (χ3n) is 6.76. The number of carbonyl (C=O) groups excluding carboxylic acids is 2. The van der Waals surface area contributed by atoms with E-state index in [1.54, 1.807) is 0 Å². The fourth-order valence-electron chi connectivity index (χ4n) is 5.98. The van der Waals surface area contributed by atoms with Gasteiger partial charge in [-0.15, -0.1) is 0 Å². The number of likely N-dealkylation sites (tertiary alicyclic amines) is 1. The Balaban J connectivity index is 1.48. The highest BCUT2D eigenvalue weighted by Crippen LogP contribution is 2.52. The van der Waals surface area contributed by atoms with E-state index in [1.165, 1.54) is 26.4 Å². The first kappa shape index (κ1) is 20.9. The molecule has 1 saturated heterocycles. The van der Waals surface area contributed by atoms with Crippen LogP contribution >= 0.6 is 0 Å². The molecule has 2 atom stereocenters. The first-order chi connectivity index (χ1) is 14.1. The molecule has 2 bridgehead atoms. The van der Waals surface area contributed by atoms with Crippen LogP contribution in [0, 0.1) is 17.8 Å². The van der Waals surface area contributed by atoms with Crippen molar-refractivity contribution in [3.05, 3.63) is 29.5 Å². The van der Waals surface area contributed by atoms with Crippen molar-refractivity contribution < 1.29 is 14.3 Å². The van der Waals surface area contributed by atoms with Crippen molar-refractivity contribution >= 4 is 28.5 Å². The first-order valence-corrected chi connectivity index (χ1v) is 10.8. The number of aromatic nitrogens is 1. The third-order valence-corrected chi connectivity index (χ3v) is 6.76. The van der Waals surface area contributed by atoms with Gasteiger partial charge in [-0.2, -0.15) is 0 Å². The summed E-state index contributed by atoms with van der Waals surface area (Å²) in [5.41, 5.74) is 3.39. The van der Waals surface area contributed by atoms with E-state index in [1.807, 2.05) is 25.1 Å². The molecular weight excluding hydrogens is 378 g/mol. The van der Waals surface area contributed by atoms with Crippen LogP contribution in [0.1, 0.15) is 62.5 Å². The Kier molecular flexibility index (Phi) is 5.17. The van der Waals surface area contributed by atoms with Gasteiger partial charge >= 0.3 is 5.97 Å². The minimum Gasteiger partial charge on any atom is -0.464 e.